The molecule has 8 rings (SSSR count). The Morgan fingerprint density at radius 3 is 2.45 bits per heavy atom. The Morgan fingerprint density at radius 1 is 1.02 bits per heavy atom. The number of nitrogens with zero attached hydrogens (tertiary/aromatic N) is 1. The van der Waals surface area contributed by atoms with Crippen LogP contribution in [-0.2, 0) is 6.54 Å². The maximum absolute atomic E-state index is 14.7. The third kappa shape index (κ3) is 5.13. The standard InChI is InChI=1S/C40H53NO7S/c1-25-6-9-32(49-25)35(45)30-20-38-16-17-40(30)33(36(38,2)13-10-27(43)19-38)11-14-37(3)34(40)12-15-39(37,46)24-41(22-28(44)23-42)21-26-7-8-29(47-4)18-31(26)48-5/h6-9,16-18,20,27-28,33-34,42-44,46H,10-15,19,21-24H2,1-5H3. The fourth-order valence-corrected chi connectivity index (χ4v) is 12.2. The van der Waals surface area contributed by atoms with E-state index in [1.54, 1.807) is 25.6 Å². The molecule has 4 N–H and O–H groups in total. The number of hydrogen-bond donors (Lipinski definition) is 4. The monoisotopic (exact) mass is 691 g/mol. The predicted molar refractivity (Wildman–Crippen MR) is 190 cm³/mol. The van der Waals surface area contributed by atoms with E-state index in [4.69, 9.17) is 9.47 Å². The van der Waals surface area contributed by atoms with E-state index in [2.05, 4.69) is 32.1 Å². The minimum Gasteiger partial charge on any atom is -0.497 e. The zero-order valence-corrected chi connectivity index (χ0v) is 30.4. The molecule has 2 bridgehead atoms. The summed E-state index contributed by atoms with van der Waals surface area (Å²) in [6.07, 6.45) is 11.0. The van der Waals surface area contributed by atoms with Crippen molar-refractivity contribution in [3.05, 3.63) is 69.5 Å². The number of aliphatic hydroxyl groups is 4. The van der Waals surface area contributed by atoms with Crippen molar-refractivity contribution in [2.75, 3.05) is 33.9 Å². The average molecular weight is 692 g/mol. The van der Waals surface area contributed by atoms with Gasteiger partial charge < -0.3 is 29.9 Å². The Morgan fingerprint density at radius 2 is 1.76 bits per heavy atom. The second-order valence-electron chi connectivity index (χ2n) is 16.2. The number of allylic oxidation sites excluding steroid dienone is 4. The van der Waals surface area contributed by atoms with Crippen LogP contribution < -0.4 is 9.47 Å². The number of carbonyl (C=O) groups is 1. The van der Waals surface area contributed by atoms with Crippen LogP contribution in [-0.4, -0.2) is 82.8 Å². The van der Waals surface area contributed by atoms with E-state index < -0.39 is 28.6 Å². The third-order valence-electron chi connectivity index (χ3n) is 14.0. The number of carbonyl (C=O) groups excluding carboxylic acids is 1. The number of ether oxygens (including phenoxy) is 2. The van der Waals surface area contributed by atoms with Gasteiger partial charge in [-0.05, 0) is 87.3 Å². The summed E-state index contributed by atoms with van der Waals surface area (Å²) in [5.74, 6) is 1.67. The molecule has 0 amide bonds. The van der Waals surface area contributed by atoms with Crippen molar-refractivity contribution in [2.24, 2.45) is 33.5 Å². The van der Waals surface area contributed by atoms with E-state index in [1.807, 2.05) is 42.2 Å². The van der Waals surface area contributed by atoms with Crippen LogP contribution in [0.15, 0.2) is 54.1 Å². The molecule has 3 fully saturated rings. The van der Waals surface area contributed by atoms with E-state index in [0.717, 1.165) is 53.0 Å². The zero-order valence-electron chi connectivity index (χ0n) is 29.6. The Hall–Kier alpha value is -2.53. The highest BCUT2D eigenvalue weighted by Crippen LogP contribution is 2.78. The lowest BCUT2D eigenvalue weighted by Gasteiger charge is -2.71. The fourth-order valence-electron chi connectivity index (χ4n) is 11.4. The van der Waals surface area contributed by atoms with Crippen molar-refractivity contribution in [1.82, 2.24) is 4.90 Å². The number of ketones is 1. The number of aryl methyl sites for hydroxylation is 1. The summed E-state index contributed by atoms with van der Waals surface area (Å²) < 4.78 is 11.1. The van der Waals surface area contributed by atoms with Crippen LogP contribution in [0, 0.1) is 40.4 Å². The van der Waals surface area contributed by atoms with Gasteiger partial charge in [-0.2, -0.15) is 0 Å². The maximum Gasteiger partial charge on any atom is 0.199 e. The first-order chi connectivity index (χ1) is 23.3. The topological polar surface area (TPSA) is 120 Å². The SMILES string of the molecule is COc1ccc(CN(CC(O)CO)CC2(O)CCC3C45C=CC6(C=C4C(=O)c4ccc(C)s4)CC(O)CCC6(C)C5CCC32C)c(OC)c1. The highest BCUT2D eigenvalue weighted by Gasteiger charge is 2.74. The zero-order chi connectivity index (χ0) is 35.0. The summed E-state index contributed by atoms with van der Waals surface area (Å²) in [5, 5.41) is 44.5. The number of benzene rings is 1. The van der Waals surface area contributed by atoms with E-state index in [9.17, 15) is 25.2 Å². The molecule has 1 aromatic carbocycles. The van der Waals surface area contributed by atoms with Crippen LogP contribution in [0.1, 0.15) is 78.9 Å². The minimum absolute atomic E-state index is 0.0263. The van der Waals surface area contributed by atoms with Gasteiger partial charge in [0, 0.05) is 58.0 Å². The fraction of sp³-hybridized carbons (Fsp3) is 0.625. The molecular weight excluding hydrogens is 639 g/mol. The molecule has 1 aromatic heterocycles. The Kier molecular flexibility index (Phi) is 8.77. The molecule has 266 valence electrons. The molecule has 6 aliphatic carbocycles. The van der Waals surface area contributed by atoms with Crippen molar-refractivity contribution in [2.45, 2.75) is 90.1 Å². The summed E-state index contributed by atoms with van der Waals surface area (Å²) in [5.41, 5.74) is -0.862. The number of Topliss-reactive ketones (excluding diaryl/α,β-unsaturated/α-hetero) is 1. The predicted octanol–water partition coefficient (Wildman–Crippen LogP) is 5.70. The molecular formula is C40H53NO7S. The van der Waals surface area contributed by atoms with Gasteiger partial charge in [0.1, 0.15) is 11.5 Å². The molecule has 2 aromatic rings. The highest BCUT2D eigenvalue weighted by atomic mass is 32.1. The van der Waals surface area contributed by atoms with Gasteiger partial charge in [0.2, 0.25) is 0 Å². The molecule has 3 saturated carbocycles. The summed E-state index contributed by atoms with van der Waals surface area (Å²) in [4.78, 5) is 18.6. The molecule has 0 radical (unpaired) electrons. The van der Waals surface area contributed by atoms with Crippen LogP contribution in [0.2, 0.25) is 0 Å². The van der Waals surface area contributed by atoms with Crippen LogP contribution in [0.3, 0.4) is 0 Å². The van der Waals surface area contributed by atoms with Gasteiger partial charge in [0.25, 0.3) is 0 Å². The van der Waals surface area contributed by atoms with Crippen LogP contribution in [0.5, 0.6) is 11.5 Å². The molecule has 9 unspecified atom stereocenters. The first kappa shape index (κ1) is 34.9. The molecule has 8 nitrogen and oxygen atoms in total. The van der Waals surface area contributed by atoms with Crippen molar-refractivity contribution in [1.29, 1.82) is 0 Å². The van der Waals surface area contributed by atoms with Crippen LogP contribution in [0.25, 0.3) is 0 Å². The Bertz CT molecular complexity index is 1670. The lowest BCUT2D eigenvalue weighted by Crippen LogP contribution is -2.67. The van der Waals surface area contributed by atoms with Gasteiger partial charge in [0.15, 0.2) is 5.78 Å². The largest absolute Gasteiger partial charge is 0.497 e. The van der Waals surface area contributed by atoms with E-state index in [0.29, 0.717) is 37.4 Å². The number of hydrogen-bond acceptors (Lipinski definition) is 9. The number of thiophene rings is 1. The second kappa shape index (κ2) is 12.3. The van der Waals surface area contributed by atoms with Gasteiger partial charge in [-0.15, -0.1) is 11.3 Å². The smallest absolute Gasteiger partial charge is 0.199 e. The summed E-state index contributed by atoms with van der Waals surface area (Å²) in [7, 11) is 3.23. The van der Waals surface area contributed by atoms with Gasteiger partial charge in [-0.1, -0.05) is 38.1 Å². The molecule has 0 saturated heterocycles. The summed E-state index contributed by atoms with van der Waals surface area (Å²) in [6.45, 7) is 7.20. The van der Waals surface area contributed by atoms with E-state index in [-0.39, 0.29) is 41.6 Å². The van der Waals surface area contributed by atoms with Crippen molar-refractivity contribution in [3.8, 4) is 11.5 Å². The number of fused-ring (bicyclic) bond motifs is 1. The van der Waals surface area contributed by atoms with Gasteiger partial charge in [-0.3, -0.25) is 9.69 Å². The van der Waals surface area contributed by atoms with Crippen LogP contribution in [0.4, 0.5) is 0 Å². The molecule has 6 aliphatic rings. The lowest BCUT2D eigenvalue weighted by atomic mass is 9.32. The quantitative estimate of drug-likeness (QED) is 0.175. The molecule has 49 heavy (non-hydrogen) atoms. The summed E-state index contributed by atoms with van der Waals surface area (Å²) in [6, 6.07) is 9.63. The first-order valence-electron chi connectivity index (χ1n) is 18.0. The molecule has 9 heteroatoms. The molecule has 9 atom stereocenters. The number of methoxy groups -OCH3 is 2. The lowest BCUT2D eigenvalue weighted by molar-refractivity contribution is -0.177. The molecule has 1 heterocycles. The minimum atomic E-state index is -1.11. The van der Waals surface area contributed by atoms with Crippen LogP contribution >= 0.6 is 11.3 Å². The van der Waals surface area contributed by atoms with Gasteiger partial charge in [0.05, 0.1) is 43.5 Å². The summed E-state index contributed by atoms with van der Waals surface area (Å²) >= 11 is 1.54. The highest BCUT2D eigenvalue weighted by molar-refractivity contribution is 7.14. The third-order valence-corrected chi connectivity index (χ3v) is 15.0. The van der Waals surface area contributed by atoms with E-state index in [1.165, 1.54) is 0 Å². The Balaban J connectivity index is 1.28. The first-order valence-corrected chi connectivity index (χ1v) is 18.8. The van der Waals surface area contributed by atoms with Crippen molar-refractivity contribution < 1.29 is 34.7 Å². The van der Waals surface area contributed by atoms with Crippen molar-refractivity contribution >= 4 is 17.1 Å². The average Bonchev–Trinajstić information content (AvgIpc) is 3.64. The Labute approximate surface area is 294 Å². The normalized spacial score (nSPS) is 38.1. The van der Waals surface area contributed by atoms with E-state index >= 15 is 0 Å². The second-order valence-corrected chi connectivity index (χ2v) is 17.5. The van der Waals surface area contributed by atoms with Gasteiger partial charge >= 0.3 is 0 Å². The molecule has 2 spiro atoms. The van der Waals surface area contributed by atoms with Gasteiger partial charge in [-0.25, -0.2) is 0 Å². The number of aliphatic hydroxyl groups excluding tert-OH is 3. The van der Waals surface area contributed by atoms with Crippen molar-refractivity contribution in [3.63, 3.8) is 0 Å². The molecule has 0 aliphatic heterocycles. The number of rotatable bonds is 11. The maximum atomic E-state index is 14.7.